The number of para-hydroxylation sites is 1. The van der Waals surface area contributed by atoms with Crippen LogP contribution in [0.25, 0.3) is 11.0 Å². The Morgan fingerprint density at radius 3 is 2.65 bits per heavy atom. The van der Waals surface area contributed by atoms with Crippen LogP contribution in [0.4, 0.5) is 5.69 Å². The summed E-state index contributed by atoms with van der Waals surface area (Å²) in [5.41, 5.74) is 4.01. The lowest BCUT2D eigenvalue weighted by Gasteiger charge is -2.32. The van der Waals surface area contributed by atoms with Gasteiger partial charge in [-0.2, -0.15) is 5.10 Å². The average molecular weight is 418 g/mol. The minimum atomic E-state index is -0.215. The Morgan fingerprint density at radius 1 is 1.13 bits per heavy atom. The van der Waals surface area contributed by atoms with Crippen molar-refractivity contribution >= 4 is 28.5 Å². The zero-order valence-corrected chi connectivity index (χ0v) is 18.0. The van der Waals surface area contributed by atoms with Crippen molar-refractivity contribution in [1.29, 1.82) is 0 Å². The van der Waals surface area contributed by atoms with Crippen molar-refractivity contribution < 1.29 is 9.59 Å². The largest absolute Gasteiger partial charge is 0.338 e. The summed E-state index contributed by atoms with van der Waals surface area (Å²) in [6.07, 6.45) is 3.84. The Kier molecular flexibility index (Phi) is 4.96. The minimum absolute atomic E-state index is 0.0254. The third-order valence-corrected chi connectivity index (χ3v) is 6.34. The van der Waals surface area contributed by atoms with Gasteiger partial charge in [0.25, 0.3) is 5.91 Å². The van der Waals surface area contributed by atoms with E-state index in [-0.39, 0.29) is 17.7 Å². The quantitative estimate of drug-likeness (QED) is 0.703. The molecule has 7 nitrogen and oxygen atoms in total. The van der Waals surface area contributed by atoms with Gasteiger partial charge in [0.05, 0.1) is 22.6 Å². The van der Waals surface area contributed by atoms with Crippen LogP contribution in [-0.4, -0.2) is 44.6 Å². The number of carbonyl (C=O) groups excluding carboxylic acids is 2. The molecule has 0 radical (unpaired) electrons. The smallest absolute Gasteiger partial charge is 0.254 e. The monoisotopic (exact) mass is 417 g/mol. The molecule has 2 aliphatic rings. The van der Waals surface area contributed by atoms with E-state index in [0.29, 0.717) is 24.6 Å². The van der Waals surface area contributed by atoms with Crippen LogP contribution in [0.5, 0.6) is 0 Å². The Bertz CT molecular complexity index is 1150. The van der Waals surface area contributed by atoms with Crippen LogP contribution in [0.1, 0.15) is 53.3 Å². The van der Waals surface area contributed by atoms with E-state index in [4.69, 9.17) is 4.98 Å². The van der Waals surface area contributed by atoms with E-state index in [0.717, 1.165) is 53.8 Å². The molecule has 0 spiro atoms. The number of hydrogen-bond acceptors (Lipinski definition) is 4. The molecule has 1 atom stereocenters. The second-order valence-corrected chi connectivity index (χ2v) is 8.72. The minimum Gasteiger partial charge on any atom is -0.338 e. The van der Waals surface area contributed by atoms with Gasteiger partial charge >= 0.3 is 0 Å². The Labute approximate surface area is 181 Å². The molecular formula is C24H27N5O2. The first-order valence-corrected chi connectivity index (χ1v) is 11.0. The zero-order valence-electron chi connectivity index (χ0n) is 18.0. The molecule has 160 valence electrons. The molecule has 0 bridgehead atoms. The lowest BCUT2D eigenvalue weighted by Crippen LogP contribution is -2.43. The second-order valence-electron chi connectivity index (χ2n) is 8.72. The molecule has 2 aromatic heterocycles. The summed E-state index contributed by atoms with van der Waals surface area (Å²) in [7, 11) is 1.87. The SMILES string of the molecule is Cc1nn(C)c2nc(C3CC3)cc(C(=O)N3CCCC(C(=O)Nc4ccccc4)C3)c12. The maximum atomic E-state index is 13.6. The number of nitrogens with one attached hydrogen (secondary N) is 1. The second kappa shape index (κ2) is 7.80. The molecular weight excluding hydrogens is 390 g/mol. The summed E-state index contributed by atoms with van der Waals surface area (Å²) in [4.78, 5) is 33.1. The highest BCUT2D eigenvalue weighted by Crippen LogP contribution is 2.40. The van der Waals surface area contributed by atoms with Crippen LogP contribution in [0.3, 0.4) is 0 Å². The highest BCUT2D eigenvalue weighted by molar-refractivity contribution is 6.07. The van der Waals surface area contributed by atoms with Gasteiger partial charge in [0.2, 0.25) is 5.91 Å². The van der Waals surface area contributed by atoms with Crippen LogP contribution >= 0.6 is 0 Å². The van der Waals surface area contributed by atoms with Gasteiger partial charge in [-0.25, -0.2) is 4.98 Å². The summed E-state index contributed by atoms with van der Waals surface area (Å²) < 4.78 is 1.76. The standard InChI is InChI=1S/C24H27N5O2/c1-15-21-19(13-20(16-10-11-16)26-22(21)28(2)27-15)24(31)29-12-6-7-17(14-29)23(30)25-18-8-4-3-5-9-18/h3-5,8-9,13,16-17H,6-7,10-12,14H2,1-2H3,(H,25,30). The van der Waals surface area contributed by atoms with E-state index in [9.17, 15) is 9.59 Å². The Morgan fingerprint density at radius 2 is 1.90 bits per heavy atom. The first-order chi connectivity index (χ1) is 15.0. The Balaban J connectivity index is 1.41. The summed E-state index contributed by atoms with van der Waals surface area (Å²) in [5, 5.41) is 8.32. The maximum Gasteiger partial charge on any atom is 0.254 e. The third-order valence-electron chi connectivity index (χ3n) is 6.34. The number of rotatable bonds is 4. The number of aryl methyl sites for hydroxylation is 2. The summed E-state index contributed by atoms with van der Waals surface area (Å²) in [5.74, 6) is 0.174. The molecule has 31 heavy (non-hydrogen) atoms. The first-order valence-electron chi connectivity index (χ1n) is 11.0. The van der Waals surface area contributed by atoms with Crippen LogP contribution in [0.15, 0.2) is 36.4 Å². The number of benzene rings is 1. The van der Waals surface area contributed by atoms with E-state index in [2.05, 4.69) is 10.4 Å². The molecule has 3 heterocycles. The number of likely N-dealkylation sites (tertiary alicyclic amines) is 1. The van der Waals surface area contributed by atoms with Gasteiger partial charge in [-0.05, 0) is 50.8 Å². The molecule has 1 saturated carbocycles. The van der Waals surface area contributed by atoms with Crippen molar-refractivity contribution in [2.75, 3.05) is 18.4 Å². The number of hydrogen-bond donors (Lipinski definition) is 1. The Hall–Kier alpha value is -3.22. The van der Waals surface area contributed by atoms with Crippen molar-refractivity contribution in [3.63, 3.8) is 0 Å². The van der Waals surface area contributed by atoms with Gasteiger partial charge in [0.15, 0.2) is 5.65 Å². The van der Waals surface area contributed by atoms with E-state index >= 15 is 0 Å². The molecule has 1 aliphatic heterocycles. The number of fused-ring (bicyclic) bond motifs is 1. The average Bonchev–Trinajstić information content (AvgIpc) is 3.59. The molecule has 1 aliphatic carbocycles. The zero-order chi connectivity index (χ0) is 21.5. The molecule has 1 saturated heterocycles. The number of carbonyl (C=O) groups is 2. The van der Waals surface area contributed by atoms with Crippen molar-refractivity contribution in [1.82, 2.24) is 19.7 Å². The highest BCUT2D eigenvalue weighted by atomic mass is 16.2. The lowest BCUT2D eigenvalue weighted by molar-refractivity contribution is -0.121. The molecule has 5 rings (SSSR count). The van der Waals surface area contributed by atoms with Gasteiger partial charge in [0.1, 0.15) is 0 Å². The molecule has 2 fully saturated rings. The fourth-order valence-corrected chi connectivity index (χ4v) is 4.53. The number of nitrogens with zero attached hydrogens (tertiary/aromatic N) is 4. The molecule has 1 N–H and O–H groups in total. The van der Waals surface area contributed by atoms with E-state index in [1.54, 1.807) is 4.68 Å². The summed E-state index contributed by atoms with van der Waals surface area (Å²) in [6.45, 7) is 3.01. The highest BCUT2D eigenvalue weighted by Gasteiger charge is 2.32. The number of piperidine rings is 1. The molecule has 1 aromatic carbocycles. The van der Waals surface area contributed by atoms with Gasteiger partial charge in [-0.3, -0.25) is 14.3 Å². The number of anilines is 1. The van der Waals surface area contributed by atoms with E-state index in [1.165, 1.54) is 0 Å². The topological polar surface area (TPSA) is 80.1 Å². The van der Waals surface area contributed by atoms with Crippen LogP contribution < -0.4 is 5.32 Å². The summed E-state index contributed by atoms with van der Waals surface area (Å²) >= 11 is 0. The predicted molar refractivity (Wildman–Crippen MR) is 119 cm³/mol. The van der Waals surface area contributed by atoms with Crippen molar-refractivity contribution in [2.24, 2.45) is 13.0 Å². The fourth-order valence-electron chi connectivity index (χ4n) is 4.53. The maximum absolute atomic E-state index is 13.6. The molecule has 1 unspecified atom stereocenters. The third kappa shape index (κ3) is 3.80. The molecule has 2 amide bonds. The van der Waals surface area contributed by atoms with Crippen LogP contribution in [0.2, 0.25) is 0 Å². The lowest BCUT2D eigenvalue weighted by atomic mass is 9.95. The first kappa shape index (κ1) is 19.7. The van der Waals surface area contributed by atoms with Crippen molar-refractivity contribution in [3.05, 3.63) is 53.3 Å². The normalized spacial score (nSPS) is 18.9. The van der Waals surface area contributed by atoms with E-state index < -0.39 is 0 Å². The van der Waals surface area contributed by atoms with Crippen molar-refractivity contribution in [2.45, 2.75) is 38.5 Å². The van der Waals surface area contributed by atoms with Crippen LogP contribution in [-0.2, 0) is 11.8 Å². The summed E-state index contributed by atoms with van der Waals surface area (Å²) in [6, 6.07) is 11.4. The molecule has 3 aromatic rings. The molecule has 7 heteroatoms. The van der Waals surface area contributed by atoms with Gasteiger partial charge in [0, 0.05) is 37.4 Å². The van der Waals surface area contributed by atoms with Gasteiger partial charge in [-0.15, -0.1) is 0 Å². The van der Waals surface area contributed by atoms with Crippen LogP contribution in [0, 0.1) is 12.8 Å². The number of aromatic nitrogens is 3. The predicted octanol–water partition coefficient (Wildman–Crippen LogP) is 3.65. The van der Waals surface area contributed by atoms with E-state index in [1.807, 2.05) is 55.3 Å². The number of pyridine rings is 1. The van der Waals surface area contributed by atoms with Gasteiger partial charge in [-0.1, -0.05) is 18.2 Å². The number of amides is 2. The van der Waals surface area contributed by atoms with Crippen molar-refractivity contribution in [3.8, 4) is 0 Å². The van der Waals surface area contributed by atoms with Gasteiger partial charge < -0.3 is 10.2 Å². The fraction of sp³-hybridized carbons (Fsp3) is 0.417.